The maximum absolute atomic E-state index is 13.2. The lowest BCUT2D eigenvalue weighted by Crippen LogP contribution is -2.46. The number of methoxy groups -OCH3 is 1. The van der Waals surface area contributed by atoms with Crippen LogP contribution in [0.2, 0.25) is 0 Å². The molecule has 36 heavy (non-hydrogen) atoms. The number of amides is 3. The van der Waals surface area contributed by atoms with Crippen molar-refractivity contribution in [3.05, 3.63) is 46.6 Å². The Morgan fingerprint density at radius 3 is 2.64 bits per heavy atom. The van der Waals surface area contributed by atoms with E-state index in [1.807, 2.05) is 6.92 Å². The smallest absolute Gasteiger partial charge is 0.443 e. The van der Waals surface area contributed by atoms with Gasteiger partial charge in [0.05, 0.1) is 35.3 Å². The van der Waals surface area contributed by atoms with Gasteiger partial charge >= 0.3 is 18.0 Å². The number of pyridine rings is 1. The van der Waals surface area contributed by atoms with E-state index < -0.39 is 34.9 Å². The molecule has 3 aromatic rings. The first kappa shape index (κ1) is 25.4. The van der Waals surface area contributed by atoms with Crippen molar-refractivity contribution in [1.29, 1.82) is 0 Å². The summed E-state index contributed by atoms with van der Waals surface area (Å²) in [5.41, 5.74) is 6.10. The first-order chi connectivity index (χ1) is 17.0. The first-order valence-electron chi connectivity index (χ1n) is 10.9. The number of primary amides is 1. The molecule has 3 heterocycles. The standard InChI is InChI=1S/C23H22F3N5O4S/c1-11-3-5-16(12-4-6-17-15(7-12)30-22(36-17)23(24,25)26)31(10-11)21(34)19(33)29-13-8-14(18(27)32)20(35-2)28-9-13/h4,6-9,11,16H,3,5,10H2,1-2H3,(H2,27,32)(H,29,33)/t11-,16+/m0/s1. The number of carbonyl (C=O) groups excluding carboxylic acids is 3. The maximum atomic E-state index is 13.2. The SMILES string of the molecule is COc1ncc(NC(=O)C(=O)N2C[C@@H](C)CC[C@@H]2c2ccc3sc(C(F)(F)F)nc3c2)cc1C(N)=O. The van der Waals surface area contributed by atoms with Crippen molar-refractivity contribution in [2.24, 2.45) is 11.7 Å². The van der Waals surface area contributed by atoms with Gasteiger partial charge in [0.1, 0.15) is 5.56 Å². The van der Waals surface area contributed by atoms with Crippen molar-refractivity contribution in [2.75, 3.05) is 19.0 Å². The van der Waals surface area contributed by atoms with E-state index in [1.54, 1.807) is 12.1 Å². The molecule has 0 aliphatic carbocycles. The van der Waals surface area contributed by atoms with Crippen LogP contribution in [0.15, 0.2) is 30.5 Å². The molecule has 2 aromatic heterocycles. The number of nitrogens with zero attached hydrogens (tertiary/aromatic N) is 3. The Balaban J connectivity index is 1.59. The van der Waals surface area contributed by atoms with Crippen LogP contribution in [0.1, 0.15) is 46.7 Å². The molecule has 0 bridgehead atoms. The van der Waals surface area contributed by atoms with Gasteiger partial charge in [0.15, 0.2) is 5.01 Å². The number of thiazole rings is 1. The van der Waals surface area contributed by atoms with E-state index in [0.717, 1.165) is 6.42 Å². The minimum Gasteiger partial charge on any atom is -0.480 e. The Hall–Kier alpha value is -3.74. The van der Waals surface area contributed by atoms with Gasteiger partial charge in [0.2, 0.25) is 5.88 Å². The number of nitrogens with two attached hydrogens (primary N) is 1. The highest BCUT2D eigenvalue weighted by atomic mass is 32.1. The van der Waals surface area contributed by atoms with E-state index in [2.05, 4.69) is 15.3 Å². The molecule has 0 unspecified atom stereocenters. The molecule has 0 spiro atoms. The number of nitrogens with one attached hydrogen (secondary N) is 1. The zero-order valence-corrected chi connectivity index (χ0v) is 20.1. The maximum Gasteiger partial charge on any atom is 0.443 e. The molecule has 4 rings (SSSR count). The number of hydrogen-bond donors (Lipinski definition) is 2. The van der Waals surface area contributed by atoms with Crippen LogP contribution in [0.4, 0.5) is 18.9 Å². The molecule has 13 heteroatoms. The molecule has 1 aliphatic rings. The van der Waals surface area contributed by atoms with Gasteiger partial charge in [0.25, 0.3) is 5.91 Å². The number of alkyl halides is 3. The molecule has 3 N–H and O–H groups in total. The molecule has 1 aromatic carbocycles. The molecule has 1 aliphatic heterocycles. The summed E-state index contributed by atoms with van der Waals surface area (Å²) in [5.74, 6) is -2.51. The number of rotatable bonds is 4. The van der Waals surface area contributed by atoms with E-state index in [0.29, 0.717) is 28.0 Å². The van der Waals surface area contributed by atoms with Crippen LogP contribution >= 0.6 is 11.3 Å². The zero-order chi connectivity index (χ0) is 26.2. The summed E-state index contributed by atoms with van der Waals surface area (Å²) in [5, 5.41) is 1.49. The number of piperidine rings is 1. The average Bonchev–Trinajstić information content (AvgIpc) is 3.27. The number of hydrogen-bond acceptors (Lipinski definition) is 7. The number of ether oxygens (including phenoxy) is 1. The third-order valence-electron chi connectivity index (χ3n) is 5.88. The number of carbonyl (C=O) groups is 3. The lowest BCUT2D eigenvalue weighted by Gasteiger charge is -2.38. The van der Waals surface area contributed by atoms with Crippen molar-refractivity contribution in [2.45, 2.75) is 32.0 Å². The van der Waals surface area contributed by atoms with Crippen LogP contribution in [0, 0.1) is 5.92 Å². The second kappa shape index (κ2) is 9.72. The minimum atomic E-state index is -4.55. The monoisotopic (exact) mass is 521 g/mol. The van der Waals surface area contributed by atoms with Crippen molar-refractivity contribution < 1.29 is 32.3 Å². The molecule has 190 valence electrons. The third-order valence-corrected chi connectivity index (χ3v) is 6.96. The summed E-state index contributed by atoms with van der Waals surface area (Å²) >= 11 is 0.550. The van der Waals surface area contributed by atoms with E-state index in [1.165, 1.54) is 30.3 Å². The quantitative estimate of drug-likeness (QED) is 0.504. The normalized spacial score (nSPS) is 18.2. The van der Waals surface area contributed by atoms with Gasteiger partial charge in [-0.15, -0.1) is 11.3 Å². The van der Waals surface area contributed by atoms with Crippen LogP contribution in [-0.4, -0.2) is 46.2 Å². The van der Waals surface area contributed by atoms with Crippen LogP contribution in [-0.2, 0) is 15.8 Å². The van der Waals surface area contributed by atoms with Crippen molar-refractivity contribution in [1.82, 2.24) is 14.9 Å². The Morgan fingerprint density at radius 2 is 1.97 bits per heavy atom. The zero-order valence-electron chi connectivity index (χ0n) is 19.3. The summed E-state index contributed by atoms with van der Waals surface area (Å²) in [7, 11) is 1.31. The first-order valence-corrected chi connectivity index (χ1v) is 11.7. The molecule has 2 atom stereocenters. The second-order valence-electron chi connectivity index (χ2n) is 8.50. The van der Waals surface area contributed by atoms with Gasteiger partial charge in [0, 0.05) is 6.54 Å². The lowest BCUT2D eigenvalue weighted by molar-refractivity contribution is -0.146. The topological polar surface area (TPSA) is 128 Å². The molecule has 0 saturated carbocycles. The highest BCUT2D eigenvalue weighted by molar-refractivity contribution is 7.18. The Bertz CT molecular complexity index is 1340. The largest absolute Gasteiger partial charge is 0.480 e. The van der Waals surface area contributed by atoms with Crippen LogP contribution < -0.4 is 15.8 Å². The van der Waals surface area contributed by atoms with Crippen molar-refractivity contribution in [3.8, 4) is 5.88 Å². The van der Waals surface area contributed by atoms with Gasteiger partial charge in [-0.3, -0.25) is 14.4 Å². The molecule has 0 radical (unpaired) electrons. The van der Waals surface area contributed by atoms with E-state index >= 15 is 0 Å². The fourth-order valence-electron chi connectivity index (χ4n) is 4.17. The summed E-state index contributed by atoms with van der Waals surface area (Å²) in [6, 6.07) is 5.48. The number of likely N-dealkylation sites (tertiary alicyclic amines) is 1. The minimum absolute atomic E-state index is 0.0251. The lowest BCUT2D eigenvalue weighted by atomic mass is 9.89. The van der Waals surface area contributed by atoms with Crippen LogP contribution in [0.5, 0.6) is 5.88 Å². The Kier molecular flexibility index (Phi) is 6.85. The third kappa shape index (κ3) is 5.10. The van der Waals surface area contributed by atoms with Gasteiger partial charge < -0.3 is 20.7 Å². The van der Waals surface area contributed by atoms with Crippen molar-refractivity contribution in [3.63, 3.8) is 0 Å². The number of aromatic nitrogens is 2. The summed E-state index contributed by atoms with van der Waals surface area (Å²) in [6.07, 6.45) is -2.03. The molecule has 9 nitrogen and oxygen atoms in total. The van der Waals surface area contributed by atoms with Gasteiger partial charge in [-0.05, 0) is 42.5 Å². The number of halogens is 3. The Labute approximate surface area is 207 Å². The fourth-order valence-corrected chi connectivity index (χ4v) is 4.98. The Morgan fingerprint density at radius 1 is 1.22 bits per heavy atom. The summed E-state index contributed by atoms with van der Waals surface area (Å²) in [6.45, 7) is 2.23. The van der Waals surface area contributed by atoms with Gasteiger partial charge in [-0.1, -0.05) is 13.0 Å². The summed E-state index contributed by atoms with van der Waals surface area (Å²) in [4.78, 5) is 46.7. The van der Waals surface area contributed by atoms with E-state index in [9.17, 15) is 27.6 Å². The number of fused-ring (bicyclic) bond motifs is 1. The molecular formula is C23H22F3N5O4S. The molecular weight excluding hydrogens is 499 g/mol. The van der Waals surface area contributed by atoms with Crippen LogP contribution in [0.25, 0.3) is 10.2 Å². The summed E-state index contributed by atoms with van der Waals surface area (Å²) < 4.78 is 44.6. The predicted molar refractivity (Wildman–Crippen MR) is 125 cm³/mol. The van der Waals surface area contributed by atoms with Gasteiger partial charge in [-0.25, -0.2) is 9.97 Å². The average molecular weight is 522 g/mol. The van der Waals surface area contributed by atoms with E-state index in [-0.39, 0.29) is 35.1 Å². The fraction of sp³-hybridized carbons (Fsp3) is 0.348. The van der Waals surface area contributed by atoms with Crippen LogP contribution in [0.3, 0.4) is 0 Å². The molecule has 3 amide bonds. The van der Waals surface area contributed by atoms with Gasteiger partial charge in [-0.2, -0.15) is 13.2 Å². The van der Waals surface area contributed by atoms with E-state index in [4.69, 9.17) is 10.5 Å². The number of benzene rings is 1. The highest BCUT2D eigenvalue weighted by Crippen LogP contribution is 2.38. The number of anilines is 1. The highest BCUT2D eigenvalue weighted by Gasteiger charge is 2.36. The second-order valence-corrected chi connectivity index (χ2v) is 9.53. The predicted octanol–water partition coefficient (Wildman–Crippen LogP) is 3.76. The molecule has 1 saturated heterocycles. The van der Waals surface area contributed by atoms with Crippen molar-refractivity contribution >= 4 is 45.0 Å². The molecule has 1 fully saturated rings.